The van der Waals surface area contributed by atoms with Crippen LogP contribution in [0, 0.1) is 13.8 Å². The van der Waals surface area contributed by atoms with Gasteiger partial charge in [0, 0.05) is 23.9 Å². The van der Waals surface area contributed by atoms with Crippen molar-refractivity contribution >= 4 is 23.3 Å². The van der Waals surface area contributed by atoms with Gasteiger partial charge in [-0.2, -0.15) is 16.4 Å². The molecule has 0 aliphatic heterocycles. The Kier molecular flexibility index (Phi) is 4.96. The molecule has 0 aromatic carbocycles. The fourth-order valence-corrected chi connectivity index (χ4v) is 3.27. The summed E-state index contributed by atoms with van der Waals surface area (Å²) < 4.78 is 7.09. The molecule has 124 valence electrons. The summed E-state index contributed by atoms with van der Waals surface area (Å²) in [4.78, 5) is 11.8. The molecule has 1 N–H and O–H groups in total. The van der Waals surface area contributed by atoms with E-state index in [1.165, 1.54) is 17.2 Å². The number of carbonyl (C=O) groups excluding carboxylic acids is 1. The summed E-state index contributed by atoms with van der Waals surface area (Å²) in [5, 5.41) is 11.6. The molecule has 3 aromatic rings. The average molecular weight is 341 g/mol. The third kappa shape index (κ3) is 3.65. The lowest BCUT2D eigenvalue weighted by Gasteiger charge is -2.06. The fourth-order valence-electron chi connectivity index (χ4n) is 2.63. The van der Waals surface area contributed by atoms with Crippen LogP contribution in [0.3, 0.4) is 0 Å². The Labute approximate surface area is 144 Å². The minimum Gasteiger partial charge on any atom is -0.465 e. The van der Waals surface area contributed by atoms with Gasteiger partial charge < -0.3 is 9.73 Å². The number of thiophene rings is 1. The lowest BCUT2D eigenvalue weighted by atomic mass is 10.1. The first-order chi connectivity index (χ1) is 11.6. The van der Waals surface area contributed by atoms with Crippen LogP contribution >= 0.6 is 11.3 Å². The monoisotopic (exact) mass is 341 g/mol. The molecule has 3 rings (SSSR count). The number of hydrogen-bond donors (Lipinski definition) is 1. The highest BCUT2D eigenvalue weighted by molar-refractivity contribution is 7.08. The van der Waals surface area contributed by atoms with Crippen LogP contribution in [-0.2, 0) is 11.3 Å². The molecule has 1 amide bonds. The van der Waals surface area contributed by atoms with Gasteiger partial charge in [0.15, 0.2) is 0 Å². The molecule has 0 saturated carbocycles. The first kappa shape index (κ1) is 16.3. The van der Waals surface area contributed by atoms with Crippen LogP contribution in [0.5, 0.6) is 0 Å². The molecule has 0 aliphatic rings. The van der Waals surface area contributed by atoms with Gasteiger partial charge in [-0.25, -0.2) is 0 Å². The molecule has 0 spiro atoms. The number of hydrogen-bond acceptors (Lipinski definition) is 4. The van der Waals surface area contributed by atoms with Crippen LogP contribution in [0.25, 0.3) is 17.2 Å². The predicted molar refractivity (Wildman–Crippen MR) is 95.8 cm³/mol. The lowest BCUT2D eigenvalue weighted by Crippen LogP contribution is -2.26. The van der Waals surface area contributed by atoms with E-state index in [-0.39, 0.29) is 5.91 Å². The summed E-state index contributed by atoms with van der Waals surface area (Å²) in [6.45, 7) is 5.23. The second kappa shape index (κ2) is 7.31. The molecule has 24 heavy (non-hydrogen) atoms. The zero-order valence-corrected chi connectivity index (χ0v) is 14.5. The molecule has 0 aliphatic carbocycles. The van der Waals surface area contributed by atoms with Gasteiger partial charge >= 0.3 is 0 Å². The van der Waals surface area contributed by atoms with Gasteiger partial charge in [-0.05, 0) is 54.4 Å². The van der Waals surface area contributed by atoms with Gasteiger partial charge in [0.1, 0.15) is 5.76 Å². The van der Waals surface area contributed by atoms with E-state index < -0.39 is 0 Å². The summed E-state index contributed by atoms with van der Waals surface area (Å²) in [6.07, 6.45) is 4.69. The van der Waals surface area contributed by atoms with Gasteiger partial charge in [-0.1, -0.05) is 0 Å². The summed E-state index contributed by atoms with van der Waals surface area (Å²) in [5.41, 5.74) is 4.51. The summed E-state index contributed by atoms with van der Waals surface area (Å²) in [5.74, 6) is 0.509. The van der Waals surface area contributed by atoms with Crippen molar-refractivity contribution in [3.63, 3.8) is 0 Å². The van der Waals surface area contributed by atoms with Gasteiger partial charge in [-0.3, -0.25) is 9.48 Å². The Morgan fingerprint density at radius 2 is 2.29 bits per heavy atom. The second-order valence-electron chi connectivity index (χ2n) is 5.42. The maximum Gasteiger partial charge on any atom is 0.244 e. The van der Waals surface area contributed by atoms with Gasteiger partial charge in [-0.15, -0.1) is 0 Å². The van der Waals surface area contributed by atoms with Crippen molar-refractivity contribution in [3.8, 4) is 11.1 Å². The molecule has 3 heterocycles. The van der Waals surface area contributed by atoms with E-state index in [0.717, 1.165) is 11.4 Å². The van der Waals surface area contributed by atoms with Crippen molar-refractivity contribution < 1.29 is 9.21 Å². The van der Waals surface area contributed by atoms with Crippen LogP contribution in [0.2, 0.25) is 0 Å². The smallest absolute Gasteiger partial charge is 0.244 e. The molecular formula is C18H19N3O2S. The average Bonchev–Trinajstić information content (AvgIpc) is 3.28. The normalized spacial score (nSPS) is 11.2. The third-order valence-electron chi connectivity index (χ3n) is 3.76. The van der Waals surface area contributed by atoms with Crippen molar-refractivity contribution in [2.75, 3.05) is 6.54 Å². The van der Waals surface area contributed by atoms with Crippen molar-refractivity contribution in [2.45, 2.75) is 20.4 Å². The maximum atomic E-state index is 11.8. The van der Waals surface area contributed by atoms with Crippen LogP contribution in [0.15, 0.2) is 45.7 Å². The fraction of sp³-hybridized carbons (Fsp3) is 0.222. The minimum atomic E-state index is -0.147. The number of amides is 1. The lowest BCUT2D eigenvalue weighted by molar-refractivity contribution is -0.116. The van der Waals surface area contributed by atoms with Crippen molar-refractivity contribution in [1.82, 2.24) is 15.1 Å². The maximum absolute atomic E-state index is 11.8. The molecule has 5 nitrogen and oxygen atoms in total. The van der Waals surface area contributed by atoms with Crippen LogP contribution < -0.4 is 5.32 Å². The quantitative estimate of drug-likeness (QED) is 0.696. The standard InChI is InChI=1S/C18H19N3O2S/c1-13-18(15-7-11-24-12-15)14(2)21(20-13)9-8-19-17(22)6-5-16-4-3-10-23-16/h3-7,10-12H,8-9H2,1-2H3,(H,19,22)/b6-5+. The number of aromatic nitrogens is 2. The van der Waals surface area contributed by atoms with Crippen molar-refractivity contribution in [2.24, 2.45) is 0 Å². The summed E-state index contributed by atoms with van der Waals surface area (Å²) in [7, 11) is 0. The zero-order valence-electron chi connectivity index (χ0n) is 13.7. The van der Waals surface area contributed by atoms with Crippen LogP contribution in [-0.4, -0.2) is 22.2 Å². The molecule has 0 fully saturated rings. The number of rotatable bonds is 6. The van der Waals surface area contributed by atoms with Gasteiger partial charge in [0.2, 0.25) is 5.91 Å². The molecule has 0 atom stereocenters. The van der Waals surface area contributed by atoms with Gasteiger partial charge in [0.05, 0.1) is 18.5 Å². The SMILES string of the molecule is Cc1nn(CCNC(=O)/C=C/c2ccco2)c(C)c1-c1ccsc1. The van der Waals surface area contributed by atoms with E-state index in [1.54, 1.807) is 35.8 Å². The number of nitrogens with one attached hydrogen (secondary N) is 1. The Bertz CT molecular complexity index is 830. The Hall–Kier alpha value is -2.60. The molecular weight excluding hydrogens is 322 g/mol. The predicted octanol–water partition coefficient (Wildman–Crippen LogP) is 3.65. The van der Waals surface area contributed by atoms with Crippen LogP contribution in [0.4, 0.5) is 0 Å². The Morgan fingerprint density at radius 1 is 1.42 bits per heavy atom. The zero-order chi connectivity index (χ0) is 16.9. The van der Waals surface area contributed by atoms with Crippen LogP contribution in [0.1, 0.15) is 17.1 Å². The molecule has 0 unspecified atom stereocenters. The largest absolute Gasteiger partial charge is 0.465 e. The Balaban J connectivity index is 1.57. The molecule has 6 heteroatoms. The molecule has 0 bridgehead atoms. The number of carbonyl (C=O) groups is 1. The first-order valence-electron chi connectivity index (χ1n) is 7.71. The summed E-state index contributed by atoms with van der Waals surface area (Å²) >= 11 is 1.68. The highest BCUT2D eigenvalue weighted by Gasteiger charge is 2.13. The third-order valence-corrected chi connectivity index (χ3v) is 4.44. The van der Waals surface area contributed by atoms with E-state index in [9.17, 15) is 4.79 Å². The minimum absolute atomic E-state index is 0.147. The highest BCUT2D eigenvalue weighted by atomic mass is 32.1. The first-order valence-corrected chi connectivity index (χ1v) is 8.65. The molecule has 0 radical (unpaired) electrons. The molecule has 0 saturated heterocycles. The highest BCUT2D eigenvalue weighted by Crippen LogP contribution is 2.28. The van der Waals surface area contributed by atoms with Crippen molar-refractivity contribution in [1.29, 1.82) is 0 Å². The second-order valence-corrected chi connectivity index (χ2v) is 6.20. The molecule has 3 aromatic heterocycles. The van der Waals surface area contributed by atoms with Crippen molar-refractivity contribution in [3.05, 3.63) is 58.4 Å². The number of aryl methyl sites for hydroxylation is 1. The van der Waals surface area contributed by atoms with E-state index in [4.69, 9.17) is 4.42 Å². The number of nitrogens with zero attached hydrogens (tertiary/aromatic N) is 2. The van der Waals surface area contributed by atoms with E-state index in [2.05, 4.69) is 34.2 Å². The van der Waals surface area contributed by atoms with E-state index >= 15 is 0 Å². The topological polar surface area (TPSA) is 60.1 Å². The van der Waals surface area contributed by atoms with E-state index in [1.807, 2.05) is 11.6 Å². The summed E-state index contributed by atoms with van der Waals surface area (Å²) in [6, 6.07) is 5.68. The number of furan rings is 1. The Morgan fingerprint density at radius 3 is 3.00 bits per heavy atom. The van der Waals surface area contributed by atoms with Gasteiger partial charge in [0.25, 0.3) is 0 Å². The van der Waals surface area contributed by atoms with E-state index in [0.29, 0.717) is 18.8 Å².